The normalized spacial score (nSPS) is 10.8. The molecule has 1 N–H and O–H groups in total. The Balaban J connectivity index is 1.76. The lowest BCUT2D eigenvalue weighted by molar-refractivity contribution is 0.387. The van der Waals surface area contributed by atoms with Crippen LogP contribution in [-0.4, -0.2) is 16.5 Å². The fraction of sp³-hybridized carbons (Fsp3) is 0.133. The summed E-state index contributed by atoms with van der Waals surface area (Å²) < 4.78 is 20.1. The molecule has 0 saturated carbocycles. The van der Waals surface area contributed by atoms with E-state index in [9.17, 15) is 4.39 Å². The number of nitrogens with one attached hydrogen (secondary N) is 1. The van der Waals surface area contributed by atoms with E-state index >= 15 is 0 Å². The molecule has 6 heteroatoms. The van der Waals surface area contributed by atoms with Crippen molar-refractivity contribution in [2.75, 3.05) is 12.4 Å². The third-order valence-electron chi connectivity index (χ3n) is 3.09. The molecular formula is C15H13ClFN3O. The molecule has 21 heavy (non-hydrogen) atoms. The Morgan fingerprint density at radius 1 is 1.29 bits per heavy atom. The van der Waals surface area contributed by atoms with Crippen LogP contribution in [0.3, 0.4) is 0 Å². The molecular weight excluding hydrogens is 293 g/mol. The lowest BCUT2D eigenvalue weighted by Crippen LogP contribution is -2.00. The predicted octanol–water partition coefficient (Wildman–Crippen LogP) is 3.75. The standard InChI is InChI=1S/C15H13ClFN3O/c1-21-14-6-11(3-4-13(14)17)18-7-12-9-20-8-10(16)2-5-15(20)19-12/h2-6,8-9,18H,7H2,1H3. The number of methoxy groups -OCH3 is 1. The second-order valence-corrected chi connectivity index (χ2v) is 4.98. The molecule has 2 heterocycles. The quantitative estimate of drug-likeness (QED) is 0.798. The Bertz CT molecular complexity index is 788. The van der Waals surface area contributed by atoms with E-state index in [1.165, 1.54) is 13.2 Å². The average Bonchev–Trinajstić information content (AvgIpc) is 2.88. The minimum atomic E-state index is -0.384. The summed E-state index contributed by atoms with van der Waals surface area (Å²) in [7, 11) is 1.44. The van der Waals surface area contributed by atoms with E-state index in [-0.39, 0.29) is 11.6 Å². The van der Waals surface area contributed by atoms with Gasteiger partial charge >= 0.3 is 0 Å². The summed E-state index contributed by atoms with van der Waals surface area (Å²) in [5, 5.41) is 3.84. The Morgan fingerprint density at radius 3 is 2.95 bits per heavy atom. The second kappa shape index (κ2) is 5.61. The molecule has 4 nitrogen and oxygen atoms in total. The Kier molecular flexibility index (Phi) is 3.66. The van der Waals surface area contributed by atoms with E-state index in [4.69, 9.17) is 16.3 Å². The molecule has 2 aromatic heterocycles. The molecule has 0 saturated heterocycles. The van der Waals surface area contributed by atoms with Gasteiger partial charge in [-0.05, 0) is 24.3 Å². The molecule has 0 fully saturated rings. The summed E-state index contributed by atoms with van der Waals surface area (Å²) in [4.78, 5) is 4.47. The van der Waals surface area contributed by atoms with Gasteiger partial charge in [0.25, 0.3) is 0 Å². The fourth-order valence-corrected chi connectivity index (χ4v) is 2.23. The number of ether oxygens (including phenoxy) is 1. The van der Waals surface area contributed by atoms with Crippen molar-refractivity contribution in [3.05, 3.63) is 59.3 Å². The Morgan fingerprint density at radius 2 is 2.14 bits per heavy atom. The maximum atomic E-state index is 13.3. The van der Waals surface area contributed by atoms with Crippen LogP contribution in [0.25, 0.3) is 5.65 Å². The Labute approximate surface area is 126 Å². The topological polar surface area (TPSA) is 38.6 Å². The summed E-state index contributed by atoms with van der Waals surface area (Å²) >= 11 is 5.94. The van der Waals surface area contributed by atoms with Crippen LogP contribution in [0, 0.1) is 5.82 Å². The van der Waals surface area contributed by atoms with E-state index in [0.717, 1.165) is 17.0 Å². The summed E-state index contributed by atoms with van der Waals surface area (Å²) in [5.74, 6) is -0.174. The molecule has 3 aromatic rings. The van der Waals surface area contributed by atoms with Crippen LogP contribution in [0.2, 0.25) is 5.02 Å². The third kappa shape index (κ3) is 2.92. The molecule has 108 valence electrons. The highest BCUT2D eigenvalue weighted by atomic mass is 35.5. The first kappa shape index (κ1) is 13.7. The van der Waals surface area contributed by atoms with Crippen LogP contribution < -0.4 is 10.1 Å². The first-order valence-electron chi connectivity index (χ1n) is 6.36. The molecule has 3 rings (SSSR count). The van der Waals surface area contributed by atoms with E-state index in [2.05, 4.69) is 10.3 Å². The van der Waals surface area contributed by atoms with E-state index < -0.39 is 0 Å². The van der Waals surface area contributed by atoms with Crippen LogP contribution >= 0.6 is 11.6 Å². The average molecular weight is 306 g/mol. The van der Waals surface area contributed by atoms with Crippen LogP contribution in [0.1, 0.15) is 5.69 Å². The number of hydrogen-bond donors (Lipinski definition) is 1. The van der Waals surface area contributed by atoms with Gasteiger partial charge in [0.2, 0.25) is 0 Å². The van der Waals surface area contributed by atoms with E-state index in [0.29, 0.717) is 11.6 Å². The monoisotopic (exact) mass is 305 g/mol. The number of nitrogens with zero attached hydrogens (tertiary/aromatic N) is 2. The van der Waals surface area contributed by atoms with Gasteiger partial charge in [-0.1, -0.05) is 11.6 Å². The van der Waals surface area contributed by atoms with Gasteiger partial charge in [0, 0.05) is 24.1 Å². The van der Waals surface area contributed by atoms with Gasteiger partial charge in [-0.2, -0.15) is 0 Å². The number of rotatable bonds is 4. The van der Waals surface area contributed by atoms with Crippen LogP contribution in [-0.2, 0) is 6.54 Å². The first-order chi connectivity index (χ1) is 10.2. The predicted molar refractivity (Wildman–Crippen MR) is 80.5 cm³/mol. The van der Waals surface area contributed by atoms with Crippen molar-refractivity contribution in [1.82, 2.24) is 9.38 Å². The number of hydrogen-bond acceptors (Lipinski definition) is 3. The van der Waals surface area contributed by atoms with Crippen molar-refractivity contribution < 1.29 is 9.13 Å². The molecule has 1 aromatic carbocycles. The lowest BCUT2D eigenvalue weighted by Gasteiger charge is -2.07. The number of anilines is 1. The summed E-state index contributed by atoms with van der Waals surface area (Å²) in [6, 6.07) is 8.29. The second-order valence-electron chi connectivity index (χ2n) is 4.55. The van der Waals surface area contributed by atoms with Gasteiger partial charge < -0.3 is 14.5 Å². The number of imidazole rings is 1. The van der Waals surface area contributed by atoms with Crippen molar-refractivity contribution in [2.45, 2.75) is 6.54 Å². The molecule has 0 aliphatic carbocycles. The first-order valence-corrected chi connectivity index (χ1v) is 6.74. The van der Waals surface area contributed by atoms with Crippen molar-refractivity contribution >= 4 is 22.9 Å². The minimum Gasteiger partial charge on any atom is -0.494 e. The SMILES string of the molecule is COc1cc(NCc2cn3cc(Cl)ccc3n2)ccc1F. The molecule has 0 spiro atoms. The smallest absolute Gasteiger partial charge is 0.165 e. The summed E-state index contributed by atoms with van der Waals surface area (Å²) in [5.41, 5.74) is 2.46. The van der Waals surface area contributed by atoms with E-state index in [1.54, 1.807) is 24.4 Å². The van der Waals surface area contributed by atoms with Gasteiger partial charge in [-0.25, -0.2) is 9.37 Å². The maximum absolute atomic E-state index is 13.3. The molecule has 0 bridgehead atoms. The number of benzene rings is 1. The summed E-state index contributed by atoms with van der Waals surface area (Å²) in [6.45, 7) is 0.522. The number of fused-ring (bicyclic) bond motifs is 1. The van der Waals surface area contributed by atoms with Crippen molar-refractivity contribution in [1.29, 1.82) is 0 Å². The number of aromatic nitrogens is 2. The van der Waals surface area contributed by atoms with Crippen LogP contribution in [0.15, 0.2) is 42.7 Å². The van der Waals surface area contributed by atoms with Crippen molar-refractivity contribution in [3.8, 4) is 5.75 Å². The zero-order valence-corrected chi connectivity index (χ0v) is 12.1. The third-order valence-corrected chi connectivity index (χ3v) is 3.31. The van der Waals surface area contributed by atoms with Gasteiger partial charge in [-0.3, -0.25) is 0 Å². The molecule has 0 unspecified atom stereocenters. The zero-order valence-electron chi connectivity index (χ0n) is 11.3. The summed E-state index contributed by atoms with van der Waals surface area (Å²) in [6.07, 6.45) is 3.70. The highest BCUT2D eigenvalue weighted by molar-refractivity contribution is 6.30. The van der Waals surface area contributed by atoms with Gasteiger partial charge in [-0.15, -0.1) is 0 Å². The van der Waals surface area contributed by atoms with Crippen LogP contribution in [0.4, 0.5) is 10.1 Å². The van der Waals surface area contributed by atoms with Gasteiger partial charge in [0.05, 0.1) is 24.4 Å². The van der Waals surface area contributed by atoms with E-state index in [1.807, 2.05) is 16.7 Å². The maximum Gasteiger partial charge on any atom is 0.165 e. The molecule has 0 radical (unpaired) electrons. The fourth-order valence-electron chi connectivity index (χ4n) is 2.06. The highest BCUT2D eigenvalue weighted by Gasteiger charge is 2.05. The number of halogens is 2. The molecule has 0 atom stereocenters. The Hall–Kier alpha value is -2.27. The van der Waals surface area contributed by atoms with Gasteiger partial charge in [0.15, 0.2) is 11.6 Å². The van der Waals surface area contributed by atoms with Crippen molar-refractivity contribution in [3.63, 3.8) is 0 Å². The van der Waals surface area contributed by atoms with Crippen LogP contribution in [0.5, 0.6) is 5.75 Å². The molecule has 0 aliphatic rings. The minimum absolute atomic E-state index is 0.210. The lowest BCUT2D eigenvalue weighted by atomic mass is 10.3. The number of pyridine rings is 1. The van der Waals surface area contributed by atoms with Crippen molar-refractivity contribution in [2.24, 2.45) is 0 Å². The largest absolute Gasteiger partial charge is 0.494 e. The molecule has 0 aliphatic heterocycles. The van der Waals surface area contributed by atoms with Gasteiger partial charge in [0.1, 0.15) is 5.65 Å². The highest BCUT2D eigenvalue weighted by Crippen LogP contribution is 2.22. The molecule has 0 amide bonds. The zero-order chi connectivity index (χ0) is 14.8.